The van der Waals surface area contributed by atoms with Crippen LogP contribution >= 0.6 is 0 Å². The zero-order chi connectivity index (χ0) is 13.1. The van der Waals surface area contributed by atoms with Gasteiger partial charge in [0.25, 0.3) is 0 Å². The van der Waals surface area contributed by atoms with E-state index in [0.29, 0.717) is 5.46 Å². The number of hydrogen-bond donors (Lipinski definition) is 0. The third kappa shape index (κ3) is 3.07. The first-order valence-corrected chi connectivity index (χ1v) is 5.37. The molecule has 0 radical (unpaired) electrons. The molecular weight excluding hydrogens is 240 g/mol. The molecule has 2 rings (SSSR count). The van der Waals surface area contributed by atoms with E-state index in [9.17, 15) is 14.0 Å². The van der Waals surface area contributed by atoms with Crippen LogP contribution in [-0.4, -0.2) is 44.1 Å². The molecule has 94 valence electrons. The van der Waals surface area contributed by atoms with E-state index >= 15 is 0 Å². The maximum Gasteiger partial charge on any atom is 0.636 e. The minimum Gasteiger partial charge on any atom is -0.494 e. The first kappa shape index (κ1) is 12.6. The van der Waals surface area contributed by atoms with Gasteiger partial charge in [-0.3, -0.25) is 14.5 Å². The van der Waals surface area contributed by atoms with Crippen LogP contribution in [-0.2, 0) is 18.9 Å². The minimum absolute atomic E-state index is 0.00674. The first-order chi connectivity index (χ1) is 8.54. The van der Waals surface area contributed by atoms with Gasteiger partial charge in [-0.1, -0.05) is 12.1 Å². The van der Waals surface area contributed by atoms with Gasteiger partial charge in [0.15, 0.2) is 0 Å². The molecule has 1 aromatic rings. The molecule has 1 saturated heterocycles. The van der Waals surface area contributed by atoms with Crippen LogP contribution < -0.4 is 5.46 Å². The van der Waals surface area contributed by atoms with Crippen molar-refractivity contribution in [2.45, 2.75) is 0 Å². The zero-order valence-corrected chi connectivity index (χ0v) is 9.76. The molecule has 0 bridgehead atoms. The highest BCUT2D eigenvalue weighted by atomic mass is 19.1. The molecular formula is C11H11BFNO4. The fourth-order valence-electron chi connectivity index (χ4n) is 1.59. The Morgan fingerprint density at radius 1 is 1.11 bits per heavy atom. The number of hydrogen-bond acceptors (Lipinski definition) is 5. The third-order valence-corrected chi connectivity index (χ3v) is 2.42. The fourth-order valence-corrected chi connectivity index (χ4v) is 1.59. The summed E-state index contributed by atoms with van der Waals surface area (Å²) in [6.45, 7) is 0.0135. The highest BCUT2D eigenvalue weighted by Gasteiger charge is 2.33. The molecule has 1 aliphatic heterocycles. The average molecular weight is 251 g/mol. The van der Waals surface area contributed by atoms with Crippen molar-refractivity contribution in [2.75, 3.05) is 20.1 Å². The molecule has 0 amide bonds. The molecule has 1 aliphatic rings. The van der Waals surface area contributed by atoms with Crippen LogP contribution in [0.2, 0.25) is 0 Å². The maximum absolute atomic E-state index is 12.8. The van der Waals surface area contributed by atoms with Crippen molar-refractivity contribution in [3.8, 4) is 0 Å². The van der Waals surface area contributed by atoms with E-state index in [0.717, 1.165) is 0 Å². The van der Waals surface area contributed by atoms with Gasteiger partial charge in [0, 0.05) is 5.46 Å². The molecule has 0 unspecified atom stereocenters. The Morgan fingerprint density at radius 2 is 1.61 bits per heavy atom. The monoisotopic (exact) mass is 251 g/mol. The molecule has 1 fully saturated rings. The van der Waals surface area contributed by atoms with Crippen LogP contribution in [0.4, 0.5) is 4.39 Å². The number of carbonyl (C=O) groups excluding carboxylic acids is 2. The van der Waals surface area contributed by atoms with Crippen LogP contribution in [0.5, 0.6) is 0 Å². The van der Waals surface area contributed by atoms with E-state index in [4.69, 9.17) is 9.31 Å². The van der Waals surface area contributed by atoms with E-state index in [-0.39, 0.29) is 13.1 Å². The van der Waals surface area contributed by atoms with Crippen molar-refractivity contribution in [1.82, 2.24) is 4.90 Å². The van der Waals surface area contributed by atoms with E-state index < -0.39 is 24.9 Å². The molecule has 5 nitrogen and oxygen atoms in total. The van der Waals surface area contributed by atoms with Crippen molar-refractivity contribution >= 4 is 24.5 Å². The lowest BCUT2D eigenvalue weighted by molar-refractivity contribution is -0.145. The number of carbonyl (C=O) groups is 2. The van der Waals surface area contributed by atoms with Crippen molar-refractivity contribution in [3.05, 3.63) is 30.1 Å². The summed E-state index contributed by atoms with van der Waals surface area (Å²) in [5.41, 5.74) is 0.419. The summed E-state index contributed by atoms with van der Waals surface area (Å²) in [5, 5.41) is 0. The van der Waals surface area contributed by atoms with Crippen molar-refractivity contribution < 1.29 is 23.3 Å². The fraction of sp³-hybridized carbons (Fsp3) is 0.273. The van der Waals surface area contributed by atoms with Crippen molar-refractivity contribution in [2.24, 2.45) is 0 Å². The van der Waals surface area contributed by atoms with Gasteiger partial charge in [-0.2, -0.15) is 0 Å². The second-order valence-electron chi connectivity index (χ2n) is 4.04. The van der Waals surface area contributed by atoms with E-state index in [1.54, 1.807) is 7.05 Å². The highest BCUT2D eigenvalue weighted by molar-refractivity contribution is 6.64. The molecule has 0 aromatic heterocycles. The van der Waals surface area contributed by atoms with Crippen LogP contribution in [0.3, 0.4) is 0 Å². The molecule has 1 aromatic carbocycles. The number of halogens is 1. The van der Waals surface area contributed by atoms with Gasteiger partial charge in [-0.15, -0.1) is 0 Å². The molecule has 0 saturated carbocycles. The van der Waals surface area contributed by atoms with Gasteiger partial charge in [0.1, 0.15) is 5.82 Å². The Labute approximate surface area is 104 Å². The van der Waals surface area contributed by atoms with Gasteiger partial charge < -0.3 is 9.31 Å². The molecule has 7 heteroatoms. The average Bonchev–Trinajstić information content (AvgIpc) is 2.26. The van der Waals surface area contributed by atoms with E-state index in [1.807, 2.05) is 0 Å². The van der Waals surface area contributed by atoms with Gasteiger partial charge in [0.05, 0.1) is 13.1 Å². The zero-order valence-electron chi connectivity index (χ0n) is 9.76. The predicted octanol–water partition coefficient (Wildman–Crippen LogP) is -0.447. The molecule has 1 heterocycles. The predicted molar refractivity (Wildman–Crippen MR) is 61.5 cm³/mol. The Kier molecular flexibility index (Phi) is 3.62. The lowest BCUT2D eigenvalue weighted by atomic mass is 9.78. The summed E-state index contributed by atoms with van der Waals surface area (Å²) in [7, 11) is 0.500. The number of nitrogens with zero attached hydrogens (tertiary/aromatic N) is 1. The lowest BCUT2D eigenvalue weighted by Crippen LogP contribution is -2.47. The third-order valence-electron chi connectivity index (χ3n) is 2.42. The Morgan fingerprint density at radius 3 is 2.11 bits per heavy atom. The van der Waals surface area contributed by atoms with Gasteiger partial charge in [-0.25, -0.2) is 4.39 Å². The topological polar surface area (TPSA) is 55.8 Å². The number of rotatable bonds is 1. The number of benzene rings is 1. The van der Waals surface area contributed by atoms with Crippen LogP contribution in [0.25, 0.3) is 0 Å². The van der Waals surface area contributed by atoms with E-state index in [1.165, 1.54) is 29.2 Å². The highest BCUT2D eigenvalue weighted by Crippen LogP contribution is 2.02. The van der Waals surface area contributed by atoms with Crippen molar-refractivity contribution in [1.29, 1.82) is 0 Å². The van der Waals surface area contributed by atoms with E-state index in [2.05, 4.69) is 0 Å². The Bertz CT molecular complexity index is 445. The summed E-state index contributed by atoms with van der Waals surface area (Å²) >= 11 is 0. The van der Waals surface area contributed by atoms with Crippen molar-refractivity contribution in [3.63, 3.8) is 0 Å². The SMILES string of the molecule is CN1CC(=O)OB(c2ccc(F)cc2)OC(=O)C1. The normalized spacial score (nSPS) is 17.8. The molecule has 0 aliphatic carbocycles. The van der Waals surface area contributed by atoms with Crippen LogP contribution in [0.15, 0.2) is 24.3 Å². The minimum atomic E-state index is -1.11. The van der Waals surface area contributed by atoms with Gasteiger partial charge >= 0.3 is 19.1 Å². The smallest absolute Gasteiger partial charge is 0.494 e. The summed E-state index contributed by atoms with van der Waals surface area (Å²) in [6, 6.07) is 5.24. The van der Waals surface area contributed by atoms with Crippen LogP contribution in [0, 0.1) is 5.82 Å². The van der Waals surface area contributed by atoms with Gasteiger partial charge in [-0.05, 0) is 19.2 Å². The number of likely N-dealkylation sites (N-methyl/N-ethyl adjacent to an activating group) is 1. The lowest BCUT2D eigenvalue weighted by Gasteiger charge is -2.22. The largest absolute Gasteiger partial charge is 0.636 e. The molecule has 0 atom stereocenters. The summed E-state index contributed by atoms with van der Waals surface area (Å²) in [5.74, 6) is -1.42. The molecule has 18 heavy (non-hydrogen) atoms. The Balaban J connectivity index is 2.18. The van der Waals surface area contributed by atoms with Gasteiger partial charge in [0.2, 0.25) is 0 Å². The summed E-state index contributed by atoms with van der Waals surface area (Å²) < 4.78 is 22.8. The standard InChI is InChI=1S/C11H11BFNO4/c1-14-6-10(15)17-12(18-11(16)7-14)8-2-4-9(13)5-3-8/h2-5H,6-7H2,1H3. The summed E-state index contributed by atoms with van der Waals surface area (Å²) in [4.78, 5) is 24.4. The quantitative estimate of drug-likeness (QED) is 0.633. The second kappa shape index (κ2) is 5.18. The second-order valence-corrected chi connectivity index (χ2v) is 4.04. The molecule has 0 spiro atoms. The first-order valence-electron chi connectivity index (χ1n) is 5.37. The van der Waals surface area contributed by atoms with Crippen LogP contribution in [0.1, 0.15) is 0 Å². The maximum atomic E-state index is 12.8. The Hall–Kier alpha value is -1.89. The summed E-state index contributed by atoms with van der Waals surface area (Å²) in [6.07, 6.45) is 0. The molecule has 0 N–H and O–H groups in total.